The second kappa shape index (κ2) is 7.04. The molecule has 0 saturated heterocycles. The highest BCUT2D eigenvalue weighted by Crippen LogP contribution is 2.36. The summed E-state index contributed by atoms with van der Waals surface area (Å²) in [5.41, 5.74) is 0. The first kappa shape index (κ1) is 15.3. The van der Waals surface area contributed by atoms with Crippen LogP contribution >= 0.6 is 0 Å². The number of hydrogen-bond donors (Lipinski definition) is 2. The molecule has 1 aliphatic heterocycles. The van der Waals surface area contributed by atoms with Crippen molar-refractivity contribution < 1.29 is 19.7 Å². The molecule has 0 aromatic rings. The van der Waals surface area contributed by atoms with Crippen molar-refractivity contribution in [1.29, 1.82) is 0 Å². The summed E-state index contributed by atoms with van der Waals surface area (Å²) >= 11 is 0. The van der Waals surface area contributed by atoms with Gasteiger partial charge in [-0.3, -0.25) is 0 Å². The zero-order valence-corrected chi connectivity index (χ0v) is 11.9. The average Bonchev–Trinajstić information content (AvgIpc) is 2.76. The first-order chi connectivity index (χ1) is 9.56. The van der Waals surface area contributed by atoms with Crippen molar-refractivity contribution in [2.24, 2.45) is 11.8 Å². The Morgan fingerprint density at radius 3 is 2.85 bits per heavy atom. The average molecular weight is 280 g/mol. The smallest absolute Gasteiger partial charge is 0.330 e. The number of carbonyl (C=O) groups is 1. The summed E-state index contributed by atoms with van der Waals surface area (Å²) < 4.78 is 5.23. The van der Waals surface area contributed by atoms with Gasteiger partial charge >= 0.3 is 5.97 Å². The highest BCUT2D eigenvalue weighted by molar-refractivity contribution is 5.82. The van der Waals surface area contributed by atoms with Crippen LogP contribution in [0.1, 0.15) is 39.0 Å². The number of carbonyl (C=O) groups excluding carboxylic acids is 1. The molecule has 0 spiro atoms. The van der Waals surface area contributed by atoms with Crippen molar-refractivity contribution in [3.05, 3.63) is 24.3 Å². The molecule has 0 aromatic heterocycles. The van der Waals surface area contributed by atoms with Gasteiger partial charge in [0, 0.05) is 6.08 Å². The molecule has 0 radical (unpaired) electrons. The molecule has 4 nitrogen and oxygen atoms in total. The lowest BCUT2D eigenvalue weighted by Crippen LogP contribution is -2.21. The van der Waals surface area contributed by atoms with Crippen LogP contribution in [0.4, 0.5) is 0 Å². The molecule has 0 bridgehead atoms. The van der Waals surface area contributed by atoms with Crippen LogP contribution in [0.25, 0.3) is 0 Å². The van der Waals surface area contributed by atoms with E-state index in [2.05, 4.69) is 12.2 Å². The molecule has 1 aliphatic carbocycles. The maximum atomic E-state index is 11.6. The van der Waals surface area contributed by atoms with Crippen LogP contribution in [-0.2, 0) is 9.53 Å². The monoisotopic (exact) mass is 280 g/mol. The maximum Gasteiger partial charge on any atom is 0.330 e. The van der Waals surface area contributed by atoms with Crippen molar-refractivity contribution in [3.63, 3.8) is 0 Å². The van der Waals surface area contributed by atoms with Crippen LogP contribution in [0.3, 0.4) is 0 Å². The van der Waals surface area contributed by atoms with Gasteiger partial charge < -0.3 is 14.9 Å². The van der Waals surface area contributed by atoms with Gasteiger partial charge in [-0.05, 0) is 56.9 Å². The highest BCUT2D eigenvalue weighted by atomic mass is 16.5. The van der Waals surface area contributed by atoms with Crippen molar-refractivity contribution in [2.45, 2.75) is 57.3 Å². The Morgan fingerprint density at radius 2 is 2.05 bits per heavy atom. The van der Waals surface area contributed by atoms with Crippen molar-refractivity contribution in [1.82, 2.24) is 0 Å². The molecule has 2 rings (SSSR count). The SMILES string of the molecule is CC1CCCC=C[C@@H]2CC(O)C[C@H]2C(O)C=CC(=O)O1. The Bertz CT molecular complexity index is 388. The van der Waals surface area contributed by atoms with E-state index in [0.29, 0.717) is 12.8 Å². The molecule has 0 amide bonds. The zero-order chi connectivity index (χ0) is 14.5. The molecule has 4 heteroatoms. The summed E-state index contributed by atoms with van der Waals surface area (Å²) in [4.78, 5) is 11.6. The minimum atomic E-state index is -0.717. The van der Waals surface area contributed by atoms with Gasteiger partial charge in [-0.1, -0.05) is 12.2 Å². The van der Waals surface area contributed by atoms with Crippen LogP contribution in [0.2, 0.25) is 0 Å². The molecule has 2 aliphatic rings. The fraction of sp³-hybridized carbons (Fsp3) is 0.688. The van der Waals surface area contributed by atoms with E-state index in [1.54, 1.807) is 0 Å². The molecule has 0 aromatic carbocycles. The van der Waals surface area contributed by atoms with E-state index in [-0.39, 0.29) is 24.0 Å². The predicted molar refractivity (Wildman–Crippen MR) is 75.9 cm³/mol. The number of hydrogen-bond acceptors (Lipinski definition) is 4. The third kappa shape index (κ3) is 4.18. The molecule has 3 unspecified atom stereocenters. The van der Waals surface area contributed by atoms with Crippen LogP contribution < -0.4 is 0 Å². The van der Waals surface area contributed by atoms with Crippen molar-refractivity contribution >= 4 is 5.97 Å². The van der Waals surface area contributed by atoms with Gasteiger partial charge in [0.15, 0.2) is 0 Å². The number of cyclic esters (lactones) is 1. The molecular formula is C16H24O4. The van der Waals surface area contributed by atoms with Crippen LogP contribution in [-0.4, -0.2) is 34.5 Å². The third-order valence-corrected chi connectivity index (χ3v) is 4.19. The topological polar surface area (TPSA) is 66.8 Å². The number of rotatable bonds is 0. The Balaban J connectivity index is 2.11. The summed E-state index contributed by atoms with van der Waals surface area (Å²) in [7, 11) is 0. The summed E-state index contributed by atoms with van der Waals surface area (Å²) in [5.74, 6) is -0.249. The fourth-order valence-corrected chi connectivity index (χ4v) is 3.10. The van der Waals surface area contributed by atoms with E-state index < -0.39 is 12.1 Å². The summed E-state index contributed by atoms with van der Waals surface area (Å²) in [6.45, 7) is 1.89. The molecule has 1 heterocycles. The van der Waals surface area contributed by atoms with E-state index in [4.69, 9.17) is 4.74 Å². The molecular weight excluding hydrogens is 256 g/mol. The first-order valence-electron chi connectivity index (χ1n) is 7.48. The largest absolute Gasteiger partial charge is 0.460 e. The lowest BCUT2D eigenvalue weighted by Gasteiger charge is -2.19. The molecule has 1 saturated carbocycles. The molecule has 1 fully saturated rings. The lowest BCUT2D eigenvalue weighted by molar-refractivity contribution is -0.142. The lowest BCUT2D eigenvalue weighted by atomic mass is 9.90. The number of allylic oxidation sites excluding steroid dienone is 2. The summed E-state index contributed by atoms with van der Waals surface area (Å²) in [6, 6.07) is 0. The molecule has 5 atom stereocenters. The minimum absolute atomic E-state index is 0.0246. The van der Waals surface area contributed by atoms with E-state index >= 15 is 0 Å². The van der Waals surface area contributed by atoms with E-state index in [1.807, 2.05) is 6.92 Å². The van der Waals surface area contributed by atoms with Gasteiger partial charge in [-0.25, -0.2) is 4.79 Å². The zero-order valence-electron chi connectivity index (χ0n) is 11.9. The first-order valence-corrected chi connectivity index (χ1v) is 7.48. The van der Waals surface area contributed by atoms with Gasteiger partial charge in [0.2, 0.25) is 0 Å². The van der Waals surface area contributed by atoms with Gasteiger partial charge in [0.25, 0.3) is 0 Å². The quantitative estimate of drug-likeness (QED) is 0.526. The Hall–Kier alpha value is -1.13. The number of esters is 1. The van der Waals surface area contributed by atoms with Crippen molar-refractivity contribution in [3.8, 4) is 0 Å². The van der Waals surface area contributed by atoms with E-state index in [0.717, 1.165) is 19.3 Å². The second-order valence-corrected chi connectivity index (χ2v) is 5.91. The van der Waals surface area contributed by atoms with Crippen LogP contribution in [0, 0.1) is 11.8 Å². The Kier molecular flexibility index (Phi) is 5.38. The van der Waals surface area contributed by atoms with Gasteiger partial charge in [0.05, 0.1) is 18.3 Å². The predicted octanol–water partition coefficient (Wildman–Crippen LogP) is 1.96. The Morgan fingerprint density at radius 1 is 1.25 bits per heavy atom. The maximum absolute atomic E-state index is 11.6. The summed E-state index contributed by atoms with van der Waals surface area (Å²) in [6.07, 6.45) is 9.87. The standard InChI is InChI=1S/C16H24O4/c1-11-5-3-2-4-6-12-9-13(17)10-14(12)15(18)7-8-16(19)20-11/h4,6-8,11-15,17-18H,2-3,5,9-10H2,1H3/t11?,12-,13?,14-,15?/m1/s1. The van der Waals surface area contributed by atoms with Crippen LogP contribution in [0.5, 0.6) is 0 Å². The second-order valence-electron chi connectivity index (χ2n) is 5.91. The normalized spacial score (nSPS) is 39.4. The number of fused-ring (bicyclic) bond motifs is 1. The number of aliphatic hydroxyl groups excluding tert-OH is 2. The van der Waals surface area contributed by atoms with E-state index in [1.165, 1.54) is 12.2 Å². The third-order valence-electron chi connectivity index (χ3n) is 4.19. The molecule has 112 valence electrons. The van der Waals surface area contributed by atoms with Gasteiger partial charge in [0.1, 0.15) is 0 Å². The van der Waals surface area contributed by atoms with Gasteiger partial charge in [-0.15, -0.1) is 0 Å². The number of ether oxygens (including phenoxy) is 1. The number of aliphatic hydroxyl groups is 2. The molecule has 2 N–H and O–H groups in total. The fourth-order valence-electron chi connectivity index (χ4n) is 3.10. The molecule has 20 heavy (non-hydrogen) atoms. The minimum Gasteiger partial charge on any atom is -0.460 e. The van der Waals surface area contributed by atoms with Crippen LogP contribution in [0.15, 0.2) is 24.3 Å². The highest BCUT2D eigenvalue weighted by Gasteiger charge is 2.35. The summed E-state index contributed by atoms with van der Waals surface area (Å²) in [5, 5.41) is 20.0. The van der Waals surface area contributed by atoms with Gasteiger partial charge in [-0.2, -0.15) is 0 Å². The Labute approximate surface area is 120 Å². The van der Waals surface area contributed by atoms with Crippen molar-refractivity contribution in [2.75, 3.05) is 0 Å². The van der Waals surface area contributed by atoms with E-state index in [9.17, 15) is 15.0 Å².